The van der Waals surface area contributed by atoms with Crippen LogP contribution >= 0.6 is 0 Å². The minimum atomic E-state index is -0.281. The van der Waals surface area contributed by atoms with E-state index in [4.69, 9.17) is 4.52 Å². The summed E-state index contributed by atoms with van der Waals surface area (Å²) in [5, 5.41) is 6.39. The van der Waals surface area contributed by atoms with E-state index in [0.717, 1.165) is 5.56 Å². The Bertz CT molecular complexity index is 563. The number of carbonyl (C=O) groups is 1. The molecule has 0 spiro atoms. The van der Waals surface area contributed by atoms with E-state index in [1.807, 2.05) is 13.8 Å². The molecule has 6 nitrogen and oxygen atoms in total. The van der Waals surface area contributed by atoms with Crippen LogP contribution in [-0.4, -0.2) is 21.0 Å². The van der Waals surface area contributed by atoms with Crippen LogP contribution in [0.3, 0.4) is 0 Å². The average Bonchev–Trinajstić information content (AvgIpc) is 2.75. The molecule has 2 aromatic heterocycles. The van der Waals surface area contributed by atoms with Gasteiger partial charge in [-0.15, -0.1) is 0 Å². The van der Waals surface area contributed by atoms with Gasteiger partial charge in [0, 0.05) is 11.8 Å². The van der Waals surface area contributed by atoms with Gasteiger partial charge in [-0.2, -0.15) is 0 Å². The van der Waals surface area contributed by atoms with Crippen LogP contribution in [0.25, 0.3) is 0 Å². The van der Waals surface area contributed by atoms with Gasteiger partial charge in [0.25, 0.3) is 5.91 Å². The third-order valence-corrected chi connectivity index (χ3v) is 2.51. The summed E-state index contributed by atoms with van der Waals surface area (Å²) < 4.78 is 4.76. The second-order valence-corrected chi connectivity index (χ2v) is 4.28. The van der Waals surface area contributed by atoms with Crippen molar-refractivity contribution in [2.24, 2.45) is 0 Å². The quantitative estimate of drug-likeness (QED) is 0.897. The molecule has 2 heterocycles. The van der Waals surface area contributed by atoms with Crippen LogP contribution in [0.1, 0.15) is 41.4 Å². The van der Waals surface area contributed by atoms with E-state index in [1.165, 1.54) is 18.8 Å². The Morgan fingerprint density at radius 1 is 1.44 bits per heavy atom. The minimum absolute atomic E-state index is 0.146. The molecule has 0 radical (unpaired) electrons. The van der Waals surface area contributed by atoms with E-state index >= 15 is 0 Å². The molecular formula is C12H14N4O2. The van der Waals surface area contributed by atoms with Crippen LogP contribution in [0.5, 0.6) is 0 Å². The molecule has 0 aliphatic rings. The number of aromatic nitrogens is 3. The van der Waals surface area contributed by atoms with Gasteiger partial charge in [-0.05, 0) is 12.8 Å². The molecule has 0 saturated heterocycles. The first-order chi connectivity index (χ1) is 8.59. The Morgan fingerprint density at radius 2 is 2.22 bits per heavy atom. The number of carbonyl (C=O) groups excluding carboxylic acids is 1. The van der Waals surface area contributed by atoms with Crippen molar-refractivity contribution in [1.82, 2.24) is 15.1 Å². The van der Waals surface area contributed by atoms with Gasteiger partial charge < -0.3 is 9.84 Å². The maximum atomic E-state index is 12.1. The van der Waals surface area contributed by atoms with Gasteiger partial charge in [0.1, 0.15) is 12.6 Å². The Morgan fingerprint density at radius 3 is 2.83 bits per heavy atom. The molecular weight excluding hydrogens is 232 g/mol. The van der Waals surface area contributed by atoms with Crippen LogP contribution in [0.4, 0.5) is 5.82 Å². The summed E-state index contributed by atoms with van der Waals surface area (Å²) in [6.07, 6.45) is 4.42. The van der Waals surface area contributed by atoms with Crippen molar-refractivity contribution < 1.29 is 9.32 Å². The van der Waals surface area contributed by atoms with Crippen LogP contribution in [-0.2, 0) is 0 Å². The Balaban J connectivity index is 2.27. The van der Waals surface area contributed by atoms with Crippen molar-refractivity contribution in [3.8, 4) is 0 Å². The summed E-state index contributed by atoms with van der Waals surface area (Å²) in [5.41, 5.74) is 1.94. The Labute approximate surface area is 104 Å². The highest BCUT2D eigenvalue weighted by atomic mass is 16.5. The highest BCUT2D eigenvalue weighted by Crippen LogP contribution is 2.18. The normalized spacial score (nSPS) is 10.7. The lowest BCUT2D eigenvalue weighted by molar-refractivity contribution is 0.102. The summed E-state index contributed by atoms with van der Waals surface area (Å²) in [6.45, 7) is 5.75. The molecule has 2 aromatic rings. The SMILES string of the molecule is Cc1conc1NC(=O)c1cncnc1C(C)C. The third kappa shape index (κ3) is 2.37. The van der Waals surface area contributed by atoms with Gasteiger partial charge in [0.05, 0.1) is 11.3 Å². The van der Waals surface area contributed by atoms with E-state index in [9.17, 15) is 4.79 Å². The van der Waals surface area contributed by atoms with Crippen LogP contribution in [0.2, 0.25) is 0 Å². The van der Waals surface area contributed by atoms with Crippen molar-refractivity contribution in [2.75, 3.05) is 5.32 Å². The van der Waals surface area contributed by atoms with Crippen molar-refractivity contribution >= 4 is 11.7 Å². The number of aryl methyl sites for hydroxylation is 1. The highest BCUT2D eigenvalue weighted by Gasteiger charge is 2.17. The van der Waals surface area contributed by atoms with E-state index in [-0.39, 0.29) is 11.8 Å². The molecule has 94 valence electrons. The second-order valence-electron chi connectivity index (χ2n) is 4.28. The zero-order chi connectivity index (χ0) is 13.1. The summed E-state index contributed by atoms with van der Waals surface area (Å²) >= 11 is 0. The Kier molecular flexibility index (Phi) is 3.36. The van der Waals surface area contributed by atoms with Crippen molar-refractivity contribution in [3.63, 3.8) is 0 Å². The lowest BCUT2D eigenvalue weighted by Gasteiger charge is -2.09. The number of nitrogens with one attached hydrogen (secondary N) is 1. The fraction of sp³-hybridized carbons (Fsp3) is 0.333. The first kappa shape index (κ1) is 12.2. The maximum Gasteiger partial charge on any atom is 0.260 e. The fourth-order valence-electron chi connectivity index (χ4n) is 1.56. The van der Waals surface area contributed by atoms with Crippen LogP contribution < -0.4 is 5.32 Å². The second kappa shape index (κ2) is 4.95. The van der Waals surface area contributed by atoms with Crippen LogP contribution in [0.15, 0.2) is 23.3 Å². The number of nitrogens with zero attached hydrogens (tertiary/aromatic N) is 3. The van der Waals surface area contributed by atoms with Gasteiger partial charge in [-0.25, -0.2) is 9.97 Å². The predicted molar refractivity (Wildman–Crippen MR) is 65.3 cm³/mol. The molecule has 18 heavy (non-hydrogen) atoms. The van der Waals surface area contributed by atoms with Gasteiger partial charge in [0.15, 0.2) is 5.82 Å². The van der Waals surface area contributed by atoms with Gasteiger partial charge in [-0.3, -0.25) is 4.79 Å². The van der Waals surface area contributed by atoms with Gasteiger partial charge in [0.2, 0.25) is 0 Å². The first-order valence-electron chi connectivity index (χ1n) is 5.61. The largest absolute Gasteiger partial charge is 0.362 e. The molecule has 0 aliphatic carbocycles. The van der Waals surface area contributed by atoms with E-state index < -0.39 is 0 Å². The van der Waals surface area contributed by atoms with Crippen molar-refractivity contribution in [3.05, 3.63) is 35.6 Å². The molecule has 0 fully saturated rings. The van der Waals surface area contributed by atoms with Crippen molar-refractivity contribution in [2.45, 2.75) is 26.7 Å². The van der Waals surface area contributed by atoms with Crippen molar-refractivity contribution in [1.29, 1.82) is 0 Å². The third-order valence-electron chi connectivity index (χ3n) is 2.51. The lowest BCUT2D eigenvalue weighted by Crippen LogP contribution is -2.17. The average molecular weight is 246 g/mol. The smallest absolute Gasteiger partial charge is 0.260 e. The molecule has 6 heteroatoms. The zero-order valence-corrected chi connectivity index (χ0v) is 10.5. The van der Waals surface area contributed by atoms with E-state index in [2.05, 4.69) is 20.4 Å². The fourth-order valence-corrected chi connectivity index (χ4v) is 1.56. The first-order valence-corrected chi connectivity index (χ1v) is 5.61. The van der Waals surface area contributed by atoms with Gasteiger partial charge >= 0.3 is 0 Å². The zero-order valence-electron chi connectivity index (χ0n) is 10.5. The summed E-state index contributed by atoms with van der Waals surface area (Å²) in [7, 11) is 0. The molecule has 0 bridgehead atoms. The van der Waals surface area contributed by atoms with E-state index in [1.54, 1.807) is 6.92 Å². The molecule has 0 aliphatic heterocycles. The highest BCUT2D eigenvalue weighted by molar-refractivity contribution is 6.04. The standard InChI is InChI=1S/C12H14N4O2/c1-7(2)10-9(4-13-6-14-10)12(17)15-11-8(3)5-18-16-11/h4-7H,1-3H3,(H,15,16,17). The molecule has 0 atom stereocenters. The molecule has 0 unspecified atom stereocenters. The molecule has 0 saturated carbocycles. The molecule has 1 N–H and O–H groups in total. The summed E-state index contributed by atoms with van der Waals surface area (Å²) in [6, 6.07) is 0. The monoisotopic (exact) mass is 246 g/mol. The summed E-state index contributed by atoms with van der Waals surface area (Å²) in [5.74, 6) is 0.280. The number of amides is 1. The van der Waals surface area contributed by atoms with E-state index in [0.29, 0.717) is 17.1 Å². The van der Waals surface area contributed by atoms with Gasteiger partial charge in [-0.1, -0.05) is 19.0 Å². The number of anilines is 1. The van der Waals surface area contributed by atoms with Crippen LogP contribution in [0, 0.1) is 6.92 Å². The Hall–Kier alpha value is -2.24. The number of hydrogen-bond donors (Lipinski definition) is 1. The minimum Gasteiger partial charge on any atom is -0.362 e. The summed E-state index contributed by atoms with van der Waals surface area (Å²) in [4.78, 5) is 20.1. The molecule has 2 rings (SSSR count). The predicted octanol–water partition coefficient (Wildman–Crippen LogP) is 2.15. The number of rotatable bonds is 3. The lowest BCUT2D eigenvalue weighted by atomic mass is 10.0. The maximum absolute atomic E-state index is 12.1. The topological polar surface area (TPSA) is 80.9 Å². The molecule has 1 amide bonds. The molecule has 0 aromatic carbocycles. The number of hydrogen-bond acceptors (Lipinski definition) is 5.